The monoisotopic (exact) mass is 398 g/mol. The number of hydrogen-bond donors (Lipinski definition) is 1. The maximum atomic E-state index is 13.3. The Balaban J connectivity index is 1.88. The Bertz CT molecular complexity index is 948. The predicted octanol–water partition coefficient (Wildman–Crippen LogP) is 4.79. The summed E-state index contributed by atoms with van der Waals surface area (Å²) in [6.07, 6.45) is 0. The van der Waals surface area contributed by atoms with Gasteiger partial charge in [-0.2, -0.15) is 0 Å². The molecule has 1 aliphatic heterocycles. The van der Waals surface area contributed by atoms with E-state index in [9.17, 15) is 4.79 Å². The first-order valence-electron chi connectivity index (χ1n) is 8.76. The highest BCUT2D eigenvalue weighted by Crippen LogP contribution is 2.45. The molecule has 0 spiro atoms. The minimum absolute atomic E-state index is 0.0424. The number of halogens is 1. The van der Waals surface area contributed by atoms with Gasteiger partial charge in [0.2, 0.25) is 0 Å². The summed E-state index contributed by atoms with van der Waals surface area (Å²) >= 11 is 7.53. The number of amides is 1. The van der Waals surface area contributed by atoms with Crippen LogP contribution >= 0.6 is 22.9 Å². The molecule has 1 aliphatic rings. The molecule has 138 valence electrons. The van der Waals surface area contributed by atoms with Crippen LogP contribution in [0.3, 0.4) is 0 Å². The number of carbonyl (C=O) groups is 1. The topological polar surface area (TPSA) is 55.6 Å². The highest BCUT2D eigenvalue weighted by Gasteiger charge is 2.28. The van der Waals surface area contributed by atoms with E-state index in [4.69, 9.17) is 22.1 Å². The Morgan fingerprint density at radius 1 is 1.00 bits per heavy atom. The molecule has 0 saturated carbocycles. The average molecular weight is 399 g/mol. The minimum Gasteiger partial charge on any atom is -0.390 e. The van der Waals surface area contributed by atoms with E-state index in [1.54, 1.807) is 0 Å². The predicted molar refractivity (Wildman–Crippen MR) is 111 cm³/mol. The fraction of sp³-hybridized carbons (Fsp3) is 0.190. The lowest BCUT2D eigenvalue weighted by molar-refractivity contribution is 0.0304. The van der Waals surface area contributed by atoms with Gasteiger partial charge in [0.1, 0.15) is 0 Å². The molecule has 2 N–H and O–H groups in total. The van der Waals surface area contributed by atoms with Crippen LogP contribution in [0.25, 0.3) is 21.6 Å². The second kappa shape index (κ2) is 7.72. The number of anilines is 1. The molecular weight excluding hydrogens is 380 g/mol. The van der Waals surface area contributed by atoms with Crippen LogP contribution in [0.2, 0.25) is 5.02 Å². The van der Waals surface area contributed by atoms with E-state index in [1.807, 2.05) is 59.5 Å². The second-order valence-electron chi connectivity index (χ2n) is 6.32. The molecule has 2 aromatic carbocycles. The first-order valence-corrected chi connectivity index (χ1v) is 9.95. The number of nitrogen functional groups attached to an aromatic ring is 1. The number of nitrogens with two attached hydrogens (primary N) is 1. The van der Waals surface area contributed by atoms with Crippen molar-refractivity contribution in [2.45, 2.75) is 0 Å². The number of ether oxygens (including phenoxy) is 1. The van der Waals surface area contributed by atoms with Crippen molar-refractivity contribution >= 4 is 33.8 Å². The molecule has 1 saturated heterocycles. The first-order chi connectivity index (χ1) is 13.1. The zero-order chi connectivity index (χ0) is 18.8. The number of thiophene rings is 1. The highest BCUT2D eigenvalue weighted by molar-refractivity contribution is 7.20. The Kier molecular flexibility index (Phi) is 5.16. The molecule has 4 nitrogen and oxygen atoms in total. The van der Waals surface area contributed by atoms with Crippen LogP contribution < -0.4 is 5.73 Å². The van der Waals surface area contributed by atoms with Gasteiger partial charge in [-0.15, -0.1) is 11.3 Å². The molecule has 0 atom stereocenters. The summed E-state index contributed by atoms with van der Waals surface area (Å²) < 4.78 is 5.38. The van der Waals surface area contributed by atoms with E-state index in [-0.39, 0.29) is 5.91 Å². The van der Waals surface area contributed by atoms with Crippen LogP contribution in [0.1, 0.15) is 10.4 Å². The van der Waals surface area contributed by atoms with Crippen molar-refractivity contribution in [2.75, 3.05) is 32.0 Å². The van der Waals surface area contributed by atoms with Gasteiger partial charge in [0.25, 0.3) is 5.91 Å². The Morgan fingerprint density at radius 3 is 2.33 bits per heavy atom. The smallest absolute Gasteiger partial charge is 0.257 e. The number of rotatable bonds is 3. The van der Waals surface area contributed by atoms with Gasteiger partial charge in [-0.05, 0) is 23.3 Å². The molecular formula is C21H19ClN2O2S. The van der Waals surface area contributed by atoms with Crippen molar-refractivity contribution in [3.05, 3.63) is 65.2 Å². The summed E-state index contributed by atoms with van der Waals surface area (Å²) in [6, 6.07) is 17.6. The first kappa shape index (κ1) is 18.0. The Labute approximate surface area is 167 Å². The van der Waals surface area contributed by atoms with Gasteiger partial charge >= 0.3 is 0 Å². The van der Waals surface area contributed by atoms with Crippen molar-refractivity contribution in [3.63, 3.8) is 0 Å². The number of morpholine rings is 1. The van der Waals surface area contributed by atoms with Crippen molar-refractivity contribution < 1.29 is 9.53 Å². The molecule has 0 radical (unpaired) electrons. The van der Waals surface area contributed by atoms with Gasteiger partial charge in [0, 0.05) is 28.6 Å². The summed E-state index contributed by atoms with van der Waals surface area (Å²) in [7, 11) is 0. The minimum atomic E-state index is -0.0424. The molecule has 6 heteroatoms. The van der Waals surface area contributed by atoms with E-state index < -0.39 is 0 Å². The third kappa shape index (κ3) is 3.58. The standard InChI is InChI=1S/C21H19ClN2O2S/c22-16-8-6-14(7-9-16)17-18(21(25)24-10-12-26-13-11-24)20(23)27-19(17)15-4-2-1-3-5-15/h1-9H,10-13,23H2. The van der Waals surface area contributed by atoms with Crippen LogP contribution in [0.4, 0.5) is 5.00 Å². The molecule has 1 amide bonds. The summed E-state index contributed by atoms with van der Waals surface area (Å²) in [4.78, 5) is 16.1. The van der Waals surface area contributed by atoms with E-state index in [2.05, 4.69) is 0 Å². The van der Waals surface area contributed by atoms with Gasteiger partial charge in [-0.1, -0.05) is 54.1 Å². The SMILES string of the molecule is Nc1sc(-c2ccccc2)c(-c2ccc(Cl)cc2)c1C(=O)N1CCOCC1. The van der Waals surface area contributed by atoms with E-state index >= 15 is 0 Å². The largest absolute Gasteiger partial charge is 0.390 e. The lowest BCUT2D eigenvalue weighted by atomic mass is 9.97. The summed E-state index contributed by atoms with van der Waals surface area (Å²) in [5, 5.41) is 1.19. The van der Waals surface area contributed by atoms with Crippen LogP contribution in [0.5, 0.6) is 0 Å². The zero-order valence-corrected chi connectivity index (χ0v) is 16.2. The molecule has 2 heterocycles. The van der Waals surface area contributed by atoms with Crippen LogP contribution in [-0.4, -0.2) is 37.1 Å². The third-order valence-corrected chi connectivity index (χ3v) is 5.94. The van der Waals surface area contributed by atoms with Crippen LogP contribution in [-0.2, 0) is 4.74 Å². The Morgan fingerprint density at radius 2 is 1.67 bits per heavy atom. The normalized spacial score (nSPS) is 14.3. The number of benzene rings is 2. The van der Waals surface area contributed by atoms with Gasteiger partial charge in [0.15, 0.2) is 0 Å². The second-order valence-corrected chi connectivity index (χ2v) is 7.81. The summed E-state index contributed by atoms with van der Waals surface area (Å²) in [5.74, 6) is -0.0424. The van der Waals surface area contributed by atoms with Gasteiger partial charge in [0.05, 0.1) is 23.8 Å². The van der Waals surface area contributed by atoms with Gasteiger partial charge in [-0.25, -0.2) is 0 Å². The molecule has 1 fully saturated rings. The zero-order valence-electron chi connectivity index (χ0n) is 14.7. The molecule has 0 unspecified atom stereocenters. The van der Waals surface area contributed by atoms with Gasteiger partial charge < -0.3 is 15.4 Å². The van der Waals surface area contributed by atoms with Crippen LogP contribution in [0.15, 0.2) is 54.6 Å². The highest BCUT2D eigenvalue weighted by atomic mass is 35.5. The maximum Gasteiger partial charge on any atom is 0.257 e. The molecule has 27 heavy (non-hydrogen) atoms. The number of nitrogens with zero attached hydrogens (tertiary/aromatic N) is 1. The van der Waals surface area contributed by atoms with Crippen molar-refractivity contribution in [1.29, 1.82) is 0 Å². The summed E-state index contributed by atoms with van der Waals surface area (Å²) in [5.41, 5.74) is 9.79. The number of carbonyl (C=O) groups excluding carboxylic acids is 1. The fourth-order valence-electron chi connectivity index (χ4n) is 3.27. The number of hydrogen-bond acceptors (Lipinski definition) is 4. The summed E-state index contributed by atoms with van der Waals surface area (Å²) in [6.45, 7) is 2.26. The van der Waals surface area contributed by atoms with Crippen molar-refractivity contribution in [3.8, 4) is 21.6 Å². The average Bonchev–Trinajstić information content (AvgIpc) is 3.06. The molecule has 3 aromatic rings. The fourth-order valence-corrected chi connectivity index (χ4v) is 4.48. The van der Waals surface area contributed by atoms with Crippen molar-refractivity contribution in [2.24, 2.45) is 0 Å². The van der Waals surface area contributed by atoms with E-state index in [0.29, 0.717) is 41.9 Å². The van der Waals surface area contributed by atoms with Crippen molar-refractivity contribution in [1.82, 2.24) is 4.90 Å². The lowest BCUT2D eigenvalue weighted by Crippen LogP contribution is -2.40. The third-order valence-electron chi connectivity index (χ3n) is 4.62. The van der Waals surface area contributed by atoms with E-state index in [0.717, 1.165) is 21.6 Å². The maximum absolute atomic E-state index is 13.3. The molecule has 4 rings (SSSR count). The lowest BCUT2D eigenvalue weighted by Gasteiger charge is -2.27. The van der Waals surface area contributed by atoms with Gasteiger partial charge in [-0.3, -0.25) is 4.79 Å². The molecule has 0 bridgehead atoms. The quantitative estimate of drug-likeness (QED) is 0.690. The molecule has 0 aliphatic carbocycles. The Hall–Kier alpha value is -2.34. The van der Waals surface area contributed by atoms with E-state index in [1.165, 1.54) is 11.3 Å². The molecule has 1 aromatic heterocycles. The van der Waals surface area contributed by atoms with Crippen LogP contribution in [0, 0.1) is 0 Å².